The van der Waals surface area contributed by atoms with Crippen LogP contribution in [-0.2, 0) is 20.8 Å². The van der Waals surface area contributed by atoms with E-state index >= 15 is 0 Å². The lowest BCUT2D eigenvalue weighted by molar-refractivity contribution is 0.0432. The van der Waals surface area contributed by atoms with E-state index < -0.39 is 17.9 Å². The minimum atomic E-state index is -0.694. The number of thiophene rings is 1. The van der Waals surface area contributed by atoms with E-state index in [0.29, 0.717) is 0 Å². The van der Waals surface area contributed by atoms with Gasteiger partial charge in [-0.2, -0.15) is 0 Å². The quantitative estimate of drug-likeness (QED) is 0.576. The van der Waals surface area contributed by atoms with E-state index in [-0.39, 0.29) is 46.5 Å². The minimum Gasteiger partial charge on any atom is -0.462 e. The monoisotopic (exact) mass is 378 g/mol. The van der Waals surface area contributed by atoms with Gasteiger partial charge in [0.25, 0.3) is 0 Å². The van der Waals surface area contributed by atoms with Gasteiger partial charge in [-0.05, 0) is 26.0 Å². The van der Waals surface area contributed by atoms with Crippen molar-refractivity contribution in [3.63, 3.8) is 0 Å². The zero-order valence-electron chi connectivity index (χ0n) is 14.3. The second-order valence-electron chi connectivity index (χ2n) is 4.88. The van der Waals surface area contributed by atoms with Gasteiger partial charge in [-0.15, -0.1) is 11.3 Å². The summed E-state index contributed by atoms with van der Waals surface area (Å²) in [4.78, 5) is 40.4. The highest BCUT2D eigenvalue weighted by Gasteiger charge is 2.28. The molecule has 8 nitrogen and oxygen atoms in total. The number of hydrogen-bond donors (Lipinski definition) is 1. The Morgan fingerprint density at radius 3 is 2.35 bits per heavy atom. The molecule has 0 spiro atoms. The van der Waals surface area contributed by atoms with Crippen LogP contribution in [0.5, 0.6) is 0 Å². The summed E-state index contributed by atoms with van der Waals surface area (Å²) in [5.41, 5.74) is 6.15. The Hall–Kier alpha value is -2.94. The van der Waals surface area contributed by atoms with Gasteiger partial charge in [0.1, 0.15) is 27.7 Å². The van der Waals surface area contributed by atoms with Crippen LogP contribution in [0.15, 0.2) is 24.4 Å². The van der Waals surface area contributed by atoms with Crippen molar-refractivity contribution in [1.82, 2.24) is 4.98 Å². The average molecular weight is 378 g/mol. The molecule has 0 aliphatic carbocycles. The number of hydrogen-bond acceptors (Lipinski definition) is 9. The summed E-state index contributed by atoms with van der Waals surface area (Å²) in [6, 6.07) is 4.79. The average Bonchev–Trinajstić information content (AvgIpc) is 2.97. The number of esters is 3. The summed E-state index contributed by atoms with van der Waals surface area (Å²) in [7, 11) is 0. The Kier molecular flexibility index (Phi) is 6.67. The van der Waals surface area contributed by atoms with Gasteiger partial charge in [0, 0.05) is 11.8 Å². The molecule has 26 heavy (non-hydrogen) atoms. The number of pyridine rings is 1. The smallest absolute Gasteiger partial charge is 0.357 e. The number of aromatic nitrogens is 1. The molecule has 0 saturated carbocycles. The van der Waals surface area contributed by atoms with Gasteiger partial charge < -0.3 is 19.9 Å². The second kappa shape index (κ2) is 8.95. The van der Waals surface area contributed by atoms with Crippen LogP contribution in [0.1, 0.15) is 49.9 Å². The molecule has 2 aromatic rings. The molecule has 0 radical (unpaired) electrons. The van der Waals surface area contributed by atoms with Crippen LogP contribution >= 0.6 is 11.3 Å². The van der Waals surface area contributed by atoms with Crippen molar-refractivity contribution in [3.8, 4) is 0 Å². The van der Waals surface area contributed by atoms with E-state index in [2.05, 4.69) is 4.98 Å². The molecule has 0 aliphatic rings. The largest absolute Gasteiger partial charge is 0.462 e. The summed E-state index contributed by atoms with van der Waals surface area (Å²) in [5, 5.41) is 0.0930. The molecule has 0 saturated heterocycles. The Morgan fingerprint density at radius 1 is 1.04 bits per heavy atom. The number of nitrogens with zero attached hydrogens (tertiary/aromatic N) is 1. The molecule has 0 atom stereocenters. The molecule has 0 amide bonds. The van der Waals surface area contributed by atoms with Crippen molar-refractivity contribution < 1.29 is 28.6 Å². The number of rotatable bonds is 7. The van der Waals surface area contributed by atoms with Crippen LogP contribution in [-0.4, -0.2) is 36.1 Å². The SMILES string of the molecule is CCOC(=O)c1sc(N)c(C(=O)OCC)c1COC(=O)c1ccccn1. The first-order valence-electron chi connectivity index (χ1n) is 7.83. The number of nitrogens with two attached hydrogens (primary N) is 1. The molecular formula is C17H18N2O6S. The van der Waals surface area contributed by atoms with Gasteiger partial charge in [0.15, 0.2) is 0 Å². The number of carbonyl (C=O) groups excluding carboxylic acids is 3. The summed E-state index contributed by atoms with van der Waals surface area (Å²) in [5.74, 6) is -2.04. The Balaban J connectivity index is 2.32. The Bertz CT molecular complexity index is 803. The lowest BCUT2D eigenvalue weighted by Gasteiger charge is -2.08. The number of ether oxygens (including phenoxy) is 3. The molecule has 0 aromatic carbocycles. The van der Waals surface area contributed by atoms with E-state index in [9.17, 15) is 14.4 Å². The maximum Gasteiger partial charge on any atom is 0.357 e. The van der Waals surface area contributed by atoms with Gasteiger partial charge in [0.05, 0.1) is 13.2 Å². The van der Waals surface area contributed by atoms with E-state index in [1.807, 2.05) is 0 Å². The first-order valence-corrected chi connectivity index (χ1v) is 8.64. The molecule has 138 valence electrons. The molecular weight excluding hydrogens is 360 g/mol. The van der Waals surface area contributed by atoms with Crippen molar-refractivity contribution in [1.29, 1.82) is 0 Å². The third kappa shape index (κ3) is 4.37. The zero-order valence-corrected chi connectivity index (χ0v) is 15.1. The summed E-state index contributed by atoms with van der Waals surface area (Å²) >= 11 is 0.886. The highest BCUT2D eigenvalue weighted by Crippen LogP contribution is 2.33. The number of anilines is 1. The standard InChI is InChI=1S/C17H18N2O6S/c1-3-23-16(21)12-10(13(26-14(12)18)17(22)24-4-2)9-25-15(20)11-7-5-6-8-19-11/h5-8H,3-4,9,18H2,1-2H3. The highest BCUT2D eigenvalue weighted by atomic mass is 32.1. The van der Waals surface area contributed by atoms with Crippen LogP contribution in [0.25, 0.3) is 0 Å². The fourth-order valence-electron chi connectivity index (χ4n) is 2.11. The Morgan fingerprint density at radius 2 is 1.73 bits per heavy atom. The Labute approximate surface area is 153 Å². The molecule has 2 heterocycles. The van der Waals surface area contributed by atoms with Gasteiger partial charge in [-0.25, -0.2) is 19.4 Å². The van der Waals surface area contributed by atoms with Gasteiger partial charge in [-0.1, -0.05) is 6.07 Å². The molecule has 2 rings (SSSR count). The van der Waals surface area contributed by atoms with Gasteiger partial charge >= 0.3 is 17.9 Å². The minimum absolute atomic E-state index is 0.00808. The fourth-order valence-corrected chi connectivity index (χ4v) is 3.06. The lowest BCUT2D eigenvalue weighted by Crippen LogP contribution is -2.14. The van der Waals surface area contributed by atoms with Crippen LogP contribution in [0.2, 0.25) is 0 Å². The van der Waals surface area contributed by atoms with Crippen LogP contribution in [0, 0.1) is 0 Å². The number of nitrogen functional groups attached to an aromatic ring is 1. The molecule has 2 aromatic heterocycles. The molecule has 9 heteroatoms. The molecule has 0 unspecified atom stereocenters. The molecule has 2 N–H and O–H groups in total. The molecule has 0 bridgehead atoms. The third-order valence-electron chi connectivity index (χ3n) is 3.20. The predicted molar refractivity (Wildman–Crippen MR) is 94.0 cm³/mol. The van der Waals surface area contributed by atoms with Crippen LogP contribution in [0.4, 0.5) is 5.00 Å². The van der Waals surface area contributed by atoms with E-state index in [1.54, 1.807) is 26.0 Å². The number of carbonyl (C=O) groups is 3. The first-order chi connectivity index (χ1) is 12.5. The third-order valence-corrected chi connectivity index (χ3v) is 4.24. The van der Waals surface area contributed by atoms with Gasteiger partial charge in [-0.3, -0.25) is 0 Å². The fraction of sp³-hybridized carbons (Fsp3) is 0.294. The topological polar surface area (TPSA) is 118 Å². The maximum absolute atomic E-state index is 12.2. The van der Waals surface area contributed by atoms with Crippen LogP contribution in [0.3, 0.4) is 0 Å². The zero-order chi connectivity index (χ0) is 19.1. The lowest BCUT2D eigenvalue weighted by atomic mass is 10.1. The molecule has 0 fully saturated rings. The van der Waals surface area contributed by atoms with E-state index in [0.717, 1.165) is 11.3 Å². The van der Waals surface area contributed by atoms with Gasteiger partial charge in [0.2, 0.25) is 0 Å². The van der Waals surface area contributed by atoms with Crippen molar-refractivity contribution in [3.05, 3.63) is 46.1 Å². The van der Waals surface area contributed by atoms with Crippen molar-refractivity contribution in [2.45, 2.75) is 20.5 Å². The second-order valence-corrected chi connectivity index (χ2v) is 5.93. The van der Waals surface area contributed by atoms with Crippen LogP contribution < -0.4 is 5.73 Å². The van der Waals surface area contributed by atoms with Crippen molar-refractivity contribution in [2.24, 2.45) is 0 Å². The van der Waals surface area contributed by atoms with E-state index in [1.165, 1.54) is 12.3 Å². The highest BCUT2D eigenvalue weighted by molar-refractivity contribution is 7.18. The predicted octanol–water partition coefficient (Wildman–Crippen LogP) is 2.44. The maximum atomic E-state index is 12.2. The van der Waals surface area contributed by atoms with E-state index in [4.69, 9.17) is 19.9 Å². The normalized spacial score (nSPS) is 10.2. The summed E-state index contributed by atoms with van der Waals surface area (Å²) in [6.07, 6.45) is 1.45. The first kappa shape index (κ1) is 19.4. The molecule has 0 aliphatic heterocycles. The summed E-state index contributed by atoms with van der Waals surface area (Å²) < 4.78 is 15.2. The van der Waals surface area contributed by atoms with Crippen molar-refractivity contribution >= 4 is 34.2 Å². The van der Waals surface area contributed by atoms with Crippen molar-refractivity contribution in [2.75, 3.05) is 18.9 Å². The summed E-state index contributed by atoms with van der Waals surface area (Å²) in [6.45, 7) is 3.25.